The van der Waals surface area contributed by atoms with Gasteiger partial charge in [-0.2, -0.15) is 0 Å². The Balaban J connectivity index is 1.91. The summed E-state index contributed by atoms with van der Waals surface area (Å²) in [6.07, 6.45) is 3.81. The molecule has 0 spiro atoms. The van der Waals surface area contributed by atoms with Crippen molar-refractivity contribution >= 4 is 0 Å². The van der Waals surface area contributed by atoms with Gasteiger partial charge in [-0.05, 0) is 18.5 Å². The van der Waals surface area contributed by atoms with Gasteiger partial charge in [-0.25, -0.2) is 4.98 Å². The molecule has 108 valence electrons. The molecule has 2 rings (SSSR count). The standard InChI is InChI=1S/C16H24N4/c1-13(16(17)14-7-5-4-6-8-14)11-19(2)12-15-18-9-10-20(15)3/h4-10,13,16H,11-12,17H2,1-3H3. The number of rotatable bonds is 6. The third-order valence-corrected chi connectivity index (χ3v) is 3.73. The average Bonchev–Trinajstić information content (AvgIpc) is 2.84. The minimum atomic E-state index is 0.0695. The van der Waals surface area contributed by atoms with Crippen molar-refractivity contribution in [2.45, 2.75) is 19.5 Å². The van der Waals surface area contributed by atoms with Gasteiger partial charge in [0.05, 0.1) is 6.54 Å². The summed E-state index contributed by atoms with van der Waals surface area (Å²) in [6.45, 7) is 3.99. The molecule has 0 amide bonds. The second-order valence-electron chi connectivity index (χ2n) is 5.56. The molecule has 2 N–H and O–H groups in total. The monoisotopic (exact) mass is 272 g/mol. The highest BCUT2D eigenvalue weighted by Crippen LogP contribution is 2.20. The second kappa shape index (κ2) is 6.68. The molecule has 1 aromatic carbocycles. The predicted molar refractivity (Wildman–Crippen MR) is 82.1 cm³/mol. The van der Waals surface area contributed by atoms with Gasteiger partial charge in [0, 0.05) is 32.0 Å². The summed E-state index contributed by atoms with van der Waals surface area (Å²) in [7, 11) is 4.14. The Morgan fingerprint density at radius 3 is 2.60 bits per heavy atom. The number of nitrogens with zero attached hydrogens (tertiary/aromatic N) is 3. The highest BCUT2D eigenvalue weighted by atomic mass is 15.2. The zero-order valence-corrected chi connectivity index (χ0v) is 12.5. The minimum Gasteiger partial charge on any atom is -0.337 e. The summed E-state index contributed by atoms with van der Waals surface area (Å²) in [5.74, 6) is 1.47. The van der Waals surface area contributed by atoms with Crippen LogP contribution in [0.2, 0.25) is 0 Å². The fraction of sp³-hybridized carbons (Fsp3) is 0.438. The van der Waals surface area contributed by atoms with E-state index in [1.165, 1.54) is 5.56 Å². The third-order valence-electron chi connectivity index (χ3n) is 3.73. The van der Waals surface area contributed by atoms with E-state index in [2.05, 4.69) is 40.6 Å². The van der Waals surface area contributed by atoms with Crippen molar-refractivity contribution in [3.05, 3.63) is 54.1 Å². The van der Waals surface area contributed by atoms with Crippen molar-refractivity contribution in [2.24, 2.45) is 18.7 Å². The molecule has 0 fully saturated rings. The lowest BCUT2D eigenvalue weighted by molar-refractivity contribution is 0.251. The predicted octanol–water partition coefficient (Wildman–Crippen LogP) is 2.19. The van der Waals surface area contributed by atoms with Crippen LogP contribution < -0.4 is 5.73 Å². The number of aryl methyl sites for hydroxylation is 1. The SMILES string of the molecule is CC(CN(C)Cc1nccn1C)C(N)c1ccccc1. The second-order valence-corrected chi connectivity index (χ2v) is 5.56. The molecule has 2 aromatic rings. The van der Waals surface area contributed by atoms with Crippen molar-refractivity contribution < 1.29 is 0 Å². The molecule has 4 heteroatoms. The Labute approximate surface area is 121 Å². The van der Waals surface area contributed by atoms with Crippen LogP contribution in [0.3, 0.4) is 0 Å². The lowest BCUT2D eigenvalue weighted by atomic mass is 9.95. The van der Waals surface area contributed by atoms with Crippen LogP contribution in [-0.4, -0.2) is 28.0 Å². The maximum atomic E-state index is 6.34. The van der Waals surface area contributed by atoms with Crippen LogP contribution in [0.5, 0.6) is 0 Å². The molecular weight excluding hydrogens is 248 g/mol. The molecule has 20 heavy (non-hydrogen) atoms. The van der Waals surface area contributed by atoms with Crippen LogP contribution in [0.15, 0.2) is 42.7 Å². The number of imidazole rings is 1. The fourth-order valence-corrected chi connectivity index (χ4v) is 2.46. The van der Waals surface area contributed by atoms with Gasteiger partial charge in [0.25, 0.3) is 0 Å². The van der Waals surface area contributed by atoms with Crippen LogP contribution in [0.25, 0.3) is 0 Å². The summed E-state index contributed by atoms with van der Waals surface area (Å²) in [5.41, 5.74) is 7.54. The van der Waals surface area contributed by atoms with E-state index in [9.17, 15) is 0 Å². The van der Waals surface area contributed by atoms with Gasteiger partial charge in [0.1, 0.15) is 5.82 Å². The molecule has 0 saturated heterocycles. The van der Waals surface area contributed by atoms with E-state index in [1.807, 2.05) is 37.6 Å². The zero-order valence-electron chi connectivity index (χ0n) is 12.5. The fourth-order valence-electron chi connectivity index (χ4n) is 2.46. The van der Waals surface area contributed by atoms with Gasteiger partial charge in [-0.1, -0.05) is 37.3 Å². The van der Waals surface area contributed by atoms with Gasteiger partial charge in [-0.15, -0.1) is 0 Å². The van der Waals surface area contributed by atoms with E-state index in [4.69, 9.17) is 5.73 Å². The van der Waals surface area contributed by atoms with Gasteiger partial charge < -0.3 is 10.3 Å². The molecule has 0 saturated carbocycles. The maximum absolute atomic E-state index is 6.34. The normalized spacial score (nSPS) is 14.4. The van der Waals surface area contributed by atoms with Crippen LogP contribution in [0.1, 0.15) is 24.4 Å². The molecule has 0 radical (unpaired) electrons. The number of nitrogens with two attached hydrogens (primary N) is 1. The summed E-state index contributed by atoms with van der Waals surface area (Å²) in [4.78, 5) is 6.63. The summed E-state index contributed by atoms with van der Waals surface area (Å²) in [5, 5.41) is 0. The smallest absolute Gasteiger partial charge is 0.122 e. The van der Waals surface area contributed by atoms with Crippen molar-refractivity contribution in [1.82, 2.24) is 14.5 Å². The van der Waals surface area contributed by atoms with Gasteiger partial charge in [0.2, 0.25) is 0 Å². The van der Waals surface area contributed by atoms with E-state index < -0.39 is 0 Å². The Kier molecular flexibility index (Phi) is 4.93. The molecule has 0 aliphatic rings. The van der Waals surface area contributed by atoms with Crippen LogP contribution >= 0.6 is 0 Å². The highest BCUT2D eigenvalue weighted by molar-refractivity contribution is 5.19. The maximum Gasteiger partial charge on any atom is 0.122 e. The number of hydrogen-bond donors (Lipinski definition) is 1. The molecule has 4 nitrogen and oxygen atoms in total. The first-order valence-corrected chi connectivity index (χ1v) is 7.03. The number of hydrogen-bond acceptors (Lipinski definition) is 3. The number of aromatic nitrogens is 2. The third kappa shape index (κ3) is 3.68. The van der Waals surface area contributed by atoms with Crippen molar-refractivity contribution in [3.63, 3.8) is 0 Å². The zero-order chi connectivity index (χ0) is 14.5. The minimum absolute atomic E-state index is 0.0695. The van der Waals surface area contributed by atoms with E-state index in [0.717, 1.165) is 18.9 Å². The molecule has 1 heterocycles. The molecule has 0 aliphatic heterocycles. The van der Waals surface area contributed by atoms with E-state index in [-0.39, 0.29) is 6.04 Å². The average molecular weight is 272 g/mol. The molecule has 1 aromatic heterocycles. The Morgan fingerprint density at radius 2 is 2.00 bits per heavy atom. The van der Waals surface area contributed by atoms with Gasteiger partial charge in [-0.3, -0.25) is 4.90 Å². The first-order valence-electron chi connectivity index (χ1n) is 7.03. The lowest BCUT2D eigenvalue weighted by Gasteiger charge is -2.25. The Hall–Kier alpha value is -1.65. The van der Waals surface area contributed by atoms with Crippen molar-refractivity contribution in [2.75, 3.05) is 13.6 Å². The lowest BCUT2D eigenvalue weighted by Crippen LogP contribution is -2.31. The summed E-state index contributed by atoms with van der Waals surface area (Å²) in [6, 6.07) is 10.4. The Bertz CT molecular complexity index is 520. The van der Waals surface area contributed by atoms with Crippen molar-refractivity contribution in [3.8, 4) is 0 Å². The van der Waals surface area contributed by atoms with Gasteiger partial charge >= 0.3 is 0 Å². The number of benzene rings is 1. The Morgan fingerprint density at radius 1 is 1.30 bits per heavy atom. The van der Waals surface area contributed by atoms with Crippen molar-refractivity contribution in [1.29, 1.82) is 0 Å². The molecule has 2 atom stereocenters. The van der Waals surface area contributed by atoms with E-state index in [0.29, 0.717) is 5.92 Å². The van der Waals surface area contributed by atoms with E-state index >= 15 is 0 Å². The largest absolute Gasteiger partial charge is 0.337 e. The molecule has 0 bridgehead atoms. The molecule has 2 unspecified atom stereocenters. The van der Waals surface area contributed by atoms with E-state index in [1.54, 1.807) is 0 Å². The first kappa shape index (κ1) is 14.8. The van der Waals surface area contributed by atoms with Crippen LogP contribution in [-0.2, 0) is 13.6 Å². The molecule has 0 aliphatic carbocycles. The highest BCUT2D eigenvalue weighted by Gasteiger charge is 2.17. The van der Waals surface area contributed by atoms with Crippen LogP contribution in [0, 0.1) is 5.92 Å². The van der Waals surface area contributed by atoms with Gasteiger partial charge in [0.15, 0.2) is 0 Å². The molecular formula is C16H24N4. The quantitative estimate of drug-likeness (QED) is 0.877. The van der Waals surface area contributed by atoms with Crippen LogP contribution in [0.4, 0.5) is 0 Å². The topological polar surface area (TPSA) is 47.1 Å². The summed E-state index contributed by atoms with van der Waals surface area (Å²) < 4.78 is 2.05. The first-order chi connectivity index (χ1) is 9.58. The summed E-state index contributed by atoms with van der Waals surface area (Å²) >= 11 is 0.